The van der Waals surface area contributed by atoms with Gasteiger partial charge in [0.1, 0.15) is 0 Å². The van der Waals surface area contributed by atoms with Gasteiger partial charge in [0.15, 0.2) is 0 Å². The molecular weight excluding hydrogens is 204 g/mol. The maximum Gasteiger partial charge on any atom is 0.0698 e. The minimum atomic E-state index is 0.113. The Morgan fingerprint density at radius 2 is 2.12 bits per heavy atom. The summed E-state index contributed by atoms with van der Waals surface area (Å²) in [6.45, 7) is 7.87. The lowest BCUT2D eigenvalue weighted by atomic mass is 9.90. The summed E-state index contributed by atoms with van der Waals surface area (Å²) in [6, 6.07) is 1.26. The van der Waals surface area contributed by atoms with E-state index < -0.39 is 0 Å². The molecule has 16 heavy (non-hydrogen) atoms. The van der Waals surface area contributed by atoms with Gasteiger partial charge in [-0.05, 0) is 26.3 Å². The minimum Gasteiger partial charge on any atom is -0.394 e. The fraction of sp³-hybridized carbons (Fsp3) is 1.00. The van der Waals surface area contributed by atoms with Crippen LogP contribution in [0.1, 0.15) is 20.3 Å². The van der Waals surface area contributed by atoms with Crippen LogP contribution in [0.3, 0.4) is 0 Å². The molecule has 3 unspecified atom stereocenters. The standard InChI is InChI=1S/C12H26N2O2/c1-10-9-14(3)11(2)8-12(10)13-4-6-16-7-5-15/h10-13,15H,4-9H2,1-3H3. The summed E-state index contributed by atoms with van der Waals surface area (Å²) in [4.78, 5) is 2.42. The van der Waals surface area contributed by atoms with Crippen LogP contribution in [-0.2, 0) is 4.74 Å². The van der Waals surface area contributed by atoms with Gasteiger partial charge in [-0.2, -0.15) is 0 Å². The van der Waals surface area contributed by atoms with Crippen LogP contribution in [-0.4, -0.2) is 62.0 Å². The van der Waals surface area contributed by atoms with Crippen molar-refractivity contribution in [1.82, 2.24) is 10.2 Å². The van der Waals surface area contributed by atoms with Crippen molar-refractivity contribution in [2.24, 2.45) is 5.92 Å². The highest BCUT2D eigenvalue weighted by molar-refractivity contribution is 4.85. The molecule has 0 spiro atoms. The third-order valence-corrected chi connectivity index (χ3v) is 3.50. The topological polar surface area (TPSA) is 44.7 Å². The second kappa shape index (κ2) is 7.22. The number of likely N-dealkylation sites (tertiary alicyclic amines) is 1. The second-order valence-corrected chi connectivity index (χ2v) is 4.90. The Morgan fingerprint density at radius 1 is 1.38 bits per heavy atom. The Hall–Kier alpha value is -0.160. The third kappa shape index (κ3) is 4.37. The van der Waals surface area contributed by atoms with Gasteiger partial charge in [-0.25, -0.2) is 0 Å². The first-order valence-corrected chi connectivity index (χ1v) is 6.27. The zero-order chi connectivity index (χ0) is 12.0. The van der Waals surface area contributed by atoms with Crippen molar-refractivity contribution in [3.63, 3.8) is 0 Å². The molecule has 0 aromatic heterocycles. The average molecular weight is 230 g/mol. The highest BCUT2D eigenvalue weighted by Gasteiger charge is 2.28. The fourth-order valence-corrected chi connectivity index (χ4v) is 2.31. The Kier molecular flexibility index (Phi) is 6.28. The lowest BCUT2D eigenvalue weighted by Gasteiger charge is -2.40. The summed E-state index contributed by atoms with van der Waals surface area (Å²) in [5.41, 5.74) is 0. The highest BCUT2D eigenvalue weighted by atomic mass is 16.5. The van der Waals surface area contributed by atoms with E-state index in [4.69, 9.17) is 9.84 Å². The molecule has 0 amide bonds. The molecule has 1 aliphatic rings. The van der Waals surface area contributed by atoms with Crippen molar-refractivity contribution in [2.75, 3.05) is 40.0 Å². The van der Waals surface area contributed by atoms with Gasteiger partial charge >= 0.3 is 0 Å². The number of hydrogen-bond donors (Lipinski definition) is 2. The third-order valence-electron chi connectivity index (χ3n) is 3.50. The van der Waals surface area contributed by atoms with Crippen molar-refractivity contribution < 1.29 is 9.84 Å². The zero-order valence-corrected chi connectivity index (χ0v) is 10.8. The molecule has 1 saturated heterocycles. The van der Waals surface area contributed by atoms with Gasteiger partial charge in [-0.15, -0.1) is 0 Å². The van der Waals surface area contributed by atoms with E-state index in [1.165, 1.54) is 6.42 Å². The number of piperidine rings is 1. The predicted octanol–water partition coefficient (Wildman–Crippen LogP) is 0.314. The predicted molar refractivity (Wildman–Crippen MR) is 65.6 cm³/mol. The lowest BCUT2D eigenvalue weighted by Crippen LogP contribution is -2.51. The summed E-state index contributed by atoms with van der Waals surface area (Å²) in [6.07, 6.45) is 1.21. The van der Waals surface area contributed by atoms with Crippen molar-refractivity contribution in [1.29, 1.82) is 0 Å². The molecule has 2 N–H and O–H groups in total. The summed E-state index contributed by atoms with van der Waals surface area (Å²) < 4.78 is 5.23. The molecule has 0 radical (unpaired) electrons. The molecule has 3 atom stereocenters. The number of aliphatic hydroxyl groups is 1. The van der Waals surface area contributed by atoms with Gasteiger partial charge in [0, 0.05) is 25.2 Å². The molecule has 1 aliphatic heterocycles. The molecule has 96 valence electrons. The van der Waals surface area contributed by atoms with Gasteiger partial charge < -0.3 is 20.1 Å². The van der Waals surface area contributed by atoms with E-state index >= 15 is 0 Å². The van der Waals surface area contributed by atoms with Gasteiger partial charge in [-0.3, -0.25) is 0 Å². The fourth-order valence-electron chi connectivity index (χ4n) is 2.31. The summed E-state index contributed by atoms with van der Waals surface area (Å²) in [5, 5.41) is 12.1. The van der Waals surface area contributed by atoms with Gasteiger partial charge in [0.05, 0.1) is 19.8 Å². The van der Waals surface area contributed by atoms with Crippen molar-refractivity contribution >= 4 is 0 Å². The number of aliphatic hydroxyl groups excluding tert-OH is 1. The Balaban J connectivity index is 2.16. The number of nitrogens with one attached hydrogen (secondary N) is 1. The quantitative estimate of drug-likeness (QED) is 0.645. The van der Waals surface area contributed by atoms with Crippen LogP contribution >= 0.6 is 0 Å². The van der Waals surface area contributed by atoms with Crippen molar-refractivity contribution in [3.8, 4) is 0 Å². The largest absolute Gasteiger partial charge is 0.394 e. The Morgan fingerprint density at radius 3 is 2.81 bits per heavy atom. The molecule has 0 aromatic rings. The lowest BCUT2D eigenvalue weighted by molar-refractivity contribution is 0.0821. The van der Waals surface area contributed by atoms with E-state index in [1.807, 2.05) is 0 Å². The van der Waals surface area contributed by atoms with Crippen LogP contribution in [0, 0.1) is 5.92 Å². The number of rotatable bonds is 6. The van der Waals surface area contributed by atoms with Crippen molar-refractivity contribution in [3.05, 3.63) is 0 Å². The molecule has 1 heterocycles. The van der Waals surface area contributed by atoms with Gasteiger partial charge in [-0.1, -0.05) is 6.92 Å². The first-order valence-electron chi connectivity index (χ1n) is 6.27. The van der Waals surface area contributed by atoms with Crippen LogP contribution in [0.15, 0.2) is 0 Å². The van der Waals surface area contributed by atoms with E-state index in [1.54, 1.807) is 0 Å². The average Bonchev–Trinajstić information content (AvgIpc) is 2.25. The molecular formula is C12H26N2O2. The second-order valence-electron chi connectivity index (χ2n) is 4.90. The number of ether oxygens (including phenoxy) is 1. The monoisotopic (exact) mass is 230 g/mol. The van der Waals surface area contributed by atoms with E-state index in [0.717, 1.165) is 13.1 Å². The van der Waals surface area contributed by atoms with Crippen LogP contribution in [0.25, 0.3) is 0 Å². The van der Waals surface area contributed by atoms with E-state index in [0.29, 0.717) is 31.2 Å². The van der Waals surface area contributed by atoms with E-state index in [-0.39, 0.29) is 6.61 Å². The van der Waals surface area contributed by atoms with Gasteiger partial charge in [0.25, 0.3) is 0 Å². The molecule has 0 aliphatic carbocycles. The Bertz CT molecular complexity index is 190. The summed E-state index contributed by atoms with van der Waals surface area (Å²) in [7, 11) is 2.20. The summed E-state index contributed by atoms with van der Waals surface area (Å²) in [5.74, 6) is 0.694. The molecule has 0 bridgehead atoms. The smallest absolute Gasteiger partial charge is 0.0698 e. The molecule has 1 fully saturated rings. The molecule has 1 rings (SSSR count). The maximum absolute atomic E-state index is 8.57. The highest BCUT2D eigenvalue weighted by Crippen LogP contribution is 2.20. The van der Waals surface area contributed by atoms with Crippen LogP contribution in [0.4, 0.5) is 0 Å². The van der Waals surface area contributed by atoms with Crippen LogP contribution in [0.2, 0.25) is 0 Å². The van der Waals surface area contributed by atoms with E-state index in [2.05, 4.69) is 31.1 Å². The van der Waals surface area contributed by atoms with Gasteiger partial charge in [0.2, 0.25) is 0 Å². The van der Waals surface area contributed by atoms with Crippen LogP contribution in [0.5, 0.6) is 0 Å². The normalized spacial score (nSPS) is 31.9. The number of nitrogens with zero attached hydrogens (tertiary/aromatic N) is 1. The first-order chi connectivity index (χ1) is 7.65. The number of hydrogen-bond acceptors (Lipinski definition) is 4. The van der Waals surface area contributed by atoms with Crippen LogP contribution < -0.4 is 5.32 Å². The molecule has 4 nitrogen and oxygen atoms in total. The van der Waals surface area contributed by atoms with Crippen molar-refractivity contribution in [2.45, 2.75) is 32.4 Å². The molecule has 4 heteroatoms. The minimum absolute atomic E-state index is 0.113. The summed E-state index contributed by atoms with van der Waals surface area (Å²) >= 11 is 0. The molecule has 0 aromatic carbocycles. The maximum atomic E-state index is 8.57. The first kappa shape index (κ1) is 13.9. The SMILES string of the molecule is CC1CN(C)C(C)CC1NCCOCCO. The zero-order valence-electron chi connectivity index (χ0n) is 10.8. The Labute approximate surface area is 99.0 Å². The van der Waals surface area contributed by atoms with E-state index in [9.17, 15) is 0 Å². The molecule has 0 saturated carbocycles.